The Morgan fingerprint density at radius 3 is 2.81 bits per heavy atom. The van der Waals surface area contributed by atoms with Gasteiger partial charge in [-0.1, -0.05) is 38.3 Å². The van der Waals surface area contributed by atoms with E-state index in [1.165, 1.54) is 12.1 Å². The fourth-order valence-corrected chi connectivity index (χ4v) is 3.00. The van der Waals surface area contributed by atoms with Gasteiger partial charge >= 0.3 is 5.69 Å². The molecule has 1 aliphatic carbocycles. The maximum atomic E-state index is 12.5. The van der Waals surface area contributed by atoms with Crippen molar-refractivity contribution in [1.29, 1.82) is 0 Å². The van der Waals surface area contributed by atoms with E-state index in [9.17, 15) is 14.9 Å². The third-order valence-electron chi connectivity index (χ3n) is 4.10. The number of rotatable bonds is 3. The van der Waals surface area contributed by atoms with Gasteiger partial charge in [-0.25, -0.2) is 4.98 Å². The highest BCUT2D eigenvalue weighted by atomic mass is 35.5. The van der Waals surface area contributed by atoms with E-state index in [2.05, 4.69) is 24.1 Å². The zero-order chi connectivity index (χ0) is 15.6. The number of nitrogens with one attached hydrogen (secondary N) is 1. The molecule has 1 saturated carbocycles. The monoisotopic (exact) mass is 311 g/mol. The van der Waals surface area contributed by atoms with Gasteiger partial charge in [-0.3, -0.25) is 14.9 Å². The average Bonchev–Trinajstić information content (AvgIpc) is 2.37. The number of aromatic nitrogens is 1. The number of nitro groups is 1. The van der Waals surface area contributed by atoms with Gasteiger partial charge in [0.05, 0.1) is 4.92 Å². The van der Waals surface area contributed by atoms with Crippen molar-refractivity contribution in [3.05, 3.63) is 27.4 Å². The molecule has 1 amide bonds. The summed E-state index contributed by atoms with van der Waals surface area (Å²) in [6.07, 6.45) is 3.85. The van der Waals surface area contributed by atoms with Crippen LogP contribution in [0, 0.1) is 21.4 Å². The maximum absolute atomic E-state index is 12.5. The molecular weight excluding hydrogens is 294 g/mol. The van der Waals surface area contributed by atoms with E-state index in [-0.39, 0.29) is 33.9 Å². The number of amides is 1. The van der Waals surface area contributed by atoms with Gasteiger partial charge in [-0.15, -0.1) is 0 Å². The van der Waals surface area contributed by atoms with Crippen LogP contribution >= 0.6 is 11.6 Å². The summed E-state index contributed by atoms with van der Waals surface area (Å²) in [4.78, 5) is 26.7. The molecule has 1 aromatic rings. The Labute approximate surface area is 128 Å². The van der Waals surface area contributed by atoms with Crippen LogP contribution in [0.1, 0.15) is 39.5 Å². The van der Waals surface area contributed by atoms with Crippen LogP contribution in [0.25, 0.3) is 0 Å². The molecule has 1 aliphatic rings. The summed E-state index contributed by atoms with van der Waals surface area (Å²) in [7, 11) is 0. The molecule has 0 aromatic carbocycles. The van der Waals surface area contributed by atoms with Gasteiger partial charge < -0.3 is 5.32 Å². The highest BCUT2D eigenvalue weighted by molar-refractivity contribution is 6.29. The molecule has 6 nitrogen and oxygen atoms in total. The van der Waals surface area contributed by atoms with E-state index < -0.39 is 4.92 Å². The lowest BCUT2D eigenvalue weighted by atomic mass is 9.68. The molecule has 0 spiro atoms. The first-order valence-electron chi connectivity index (χ1n) is 6.93. The molecule has 1 atom stereocenters. The summed E-state index contributed by atoms with van der Waals surface area (Å²) in [5.41, 5.74) is -0.364. The minimum atomic E-state index is -0.578. The molecule has 21 heavy (non-hydrogen) atoms. The number of carbonyl (C=O) groups excluding carboxylic acids is 1. The first-order chi connectivity index (χ1) is 9.81. The number of pyridine rings is 1. The highest BCUT2D eigenvalue weighted by Crippen LogP contribution is 2.41. The van der Waals surface area contributed by atoms with Gasteiger partial charge in [0, 0.05) is 12.0 Å². The maximum Gasteiger partial charge on any atom is 0.311 e. The Morgan fingerprint density at radius 1 is 1.48 bits per heavy atom. The number of hydrogen-bond acceptors (Lipinski definition) is 4. The summed E-state index contributed by atoms with van der Waals surface area (Å²) < 4.78 is 0. The fraction of sp³-hybridized carbons (Fsp3) is 0.571. The van der Waals surface area contributed by atoms with Gasteiger partial charge in [0.25, 0.3) is 0 Å². The van der Waals surface area contributed by atoms with Crippen molar-refractivity contribution in [2.75, 3.05) is 5.32 Å². The summed E-state index contributed by atoms with van der Waals surface area (Å²) in [6.45, 7) is 4.10. The molecule has 0 aliphatic heterocycles. The standard InChI is InChI=1S/C14H18ClN3O3/c1-14(2)8-4-3-5-9(14)13(19)17-12-10(18(20)21)6-7-11(15)16-12/h6-7,9H,3-5,8H2,1-2H3,(H,16,17,19). The first kappa shape index (κ1) is 15.7. The zero-order valence-corrected chi connectivity index (χ0v) is 12.8. The summed E-state index contributed by atoms with van der Waals surface area (Å²) >= 11 is 5.76. The van der Waals surface area contributed by atoms with Crippen LogP contribution in [-0.4, -0.2) is 15.8 Å². The highest BCUT2D eigenvalue weighted by Gasteiger charge is 2.37. The molecule has 0 saturated heterocycles. The van der Waals surface area contributed by atoms with Crippen molar-refractivity contribution in [3.8, 4) is 0 Å². The molecule has 1 aromatic heterocycles. The van der Waals surface area contributed by atoms with Gasteiger partial charge in [0.2, 0.25) is 11.7 Å². The number of anilines is 1. The molecule has 1 N–H and O–H groups in total. The molecule has 114 valence electrons. The van der Waals surface area contributed by atoms with Crippen molar-refractivity contribution in [2.24, 2.45) is 11.3 Å². The minimum absolute atomic E-state index is 0.0844. The smallest absolute Gasteiger partial charge is 0.305 e. The van der Waals surface area contributed by atoms with Crippen LogP contribution in [-0.2, 0) is 4.79 Å². The fourth-order valence-electron chi connectivity index (χ4n) is 2.85. The Balaban J connectivity index is 2.23. The first-order valence-corrected chi connectivity index (χ1v) is 7.31. The number of nitrogens with zero attached hydrogens (tertiary/aromatic N) is 2. The third kappa shape index (κ3) is 3.50. The largest absolute Gasteiger partial charge is 0.311 e. The van der Waals surface area contributed by atoms with Gasteiger partial charge in [0.15, 0.2) is 0 Å². The minimum Gasteiger partial charge on any atom is -0.305 e. The van der Waals surface area contributed by atoms with Gasteiger partial charge in [-0.2, -0.15) is 0 Å². The number of halogens is 1. The Morgan fingerprint density at radius 2 is 2.19 bits per heavy atom. The Kier molecular flexibility index (Phi) is 4.46. The SMILES string of the molecule is CC1(C)CCCCC1C(=O)Nc1nc(Cl)ccc1[N+](=O)[O-]. The molecule has 0 bridgehead atoms. The predicted molar refractivity (Wildman–Crippen MR) is 80.3 cm³/mol. The van der Waals surface area contributed by atoms with Crippen molar-refractivity contribution in [2.45, 2.75) is 39.5 Å². The molecule has 7 heteroatoms. The van der Waals surface area contributed by atoms with Crippen molar-refractivity contribution < 1.29 is 9.72 Å². The van der Waals surface area contributed by atoms with E-state index in [1.54, 1.807) is 0 Å². The Hall–Kier alpha value is -1.69. The second kappa shape index (κ2) is 5.97. The van der Waals surface area contributed by atoms with Crippen LogP contribution in [0.3, 0.4) is 0 Å². The van der Waals surface area contributed by atoms with E-state index in [0.29, 0.717) is 0 Å². The second-order valence-corrected chi connectivity index (χ2v) is 6.42. The summed E-state index contributed by atoms with van der Waals surface area (Å²) in [5, 5.41) is 13.7. The van der Waals surface area contributed by atoms with Crippen LogP contribution in [0.15, 0.2) is 12.1 Å². The van der Waals surface area contributed by atoms with E-state index in [0.717, 1.165) is 25.7 Å². The van der Waals surface area contributed by atoms with E-state index >= 15 is 0 Å². The molecule has 0 radical (unpaired) electrons. The van der Waals surface area contributed by atoms with Crippen LogP contribution in [0.5, 0.6) is 0 Å². The number of carbonyl (C=O) groups is 1. The predicted octanol–water partition coefficient (Wildman–Crippen LogP) is 3.80. The van der Waals surface area contributed by atoms with E-state index in [4.69, 9.17) is 11.6 Å². The van der Waals surface area contributed by atoms with Crippen LogP contribution < -0.4 is 5.32 Å². The van der Waals surface area contributed by atoms with Gasteiger partial charge in [0.1, 0.15) is 5.15 Å². The lowest BCUT2D eigenvalue weighted by molar-refractivity contribution is -0.384. The number of hydrogen-bond donors (Lipinski definition) is 1. The van der Waals surface area contributed by atoms with Crippen molar-refractivity contribution in [1.82, 2.24) is 4.98 Å². The lowest BCUT2D eigenvalue weighted by Gasteiger charge is -2.37. The average molecular weight is 312 g/mol. The van der Waals surface area contributed by atoms with Crippen molar-refractivity contribution >= 4 is 29.0 Å². The normalized spacial score (nSPS) is 20.8. The molecular formula is C14H18ClN3O3. The van der Waals surface area contributed by atoms with Gasteiger partial charge in [-0.05, 0) is 24.3 Å². The summed E-state index contributed by atoms with van der Waals surface area (Å²) in [5.74, 6) is -0.483. The second-order valence-electron chi connectivity index (χ2n) is 6.04. The quantitative estimate of drug-likeness (QED) is 0.522. The van der Waals surface area contributed by atoms with Crippen molar-refractivity contribution in [3.63, 3.8) is 0 Å². The summed E-state index contributed by atoms with van der Waals surface area (Å²) in [6, 6.07) is 2.58. The molecule has 2 rings (SSSR count). The lowest BCUT2D eigenvalue weighted by Crippen LogP contribution is -2.37. The van der Waals surface area contributed by atoms with Crippen LogP contribution in [0.2, 0.25) is 5.15 Å². The van der Waals surface area contributed by atoms with Crippen LogP contribution in [0.4, 0.5) is 11.5 Å². The molecule has 1 fully saturated rings. The third-order valence-corrected chi connectivity index (χ3v) is 4.31. The molecule has 1 unspecified atom stereocenters. The topological polar surface area (TPSA) is 85.1 Å². The zero-order valence-electron chi connectivity index (χ0n) is 12.1. The molecule has 1 heterocycles. The Bertz CT molecular complexity index is 575. The van der Waals surface area contributed by atoms with E-state index in [1.807, 2.05) is 0 Å².